The number of rotatable bonds is 44. The van der Waals surface area contributed by atoms with Gasteiger partial charge in [0, 0.05) is 144 Å². The standard InChI is InChI=1S/C121H136N8O8/c1-9-65-130-117(105-49-57-122-109-29-21-17-25-101(105)109)113-69-93-53-61-126(113,77-89(93)13-5)73-85-33-41-97(42-34-85)134-81-121(82-135-98-43-35-86(36-44-98)74-127-62-54-94(90(14-6)78-127)70-114(127)118(131-66-10-2)106-50-58-123-110-30-22-18-26-102(106)110,83-136-99-45-37-87(38-46-99)75-128-63-55-95(91(15-7)79-128)71-115(128)119(132-67-11-3)107-51-59-124-111-31-23-19-27-103(107)111)84-137-100-47-39-88(40-48-100)76-129-64-56-96(92(16-8)80-129)72-116(129)120(133-68-12-4)108-52-60-125-112-32-24-20-28-104(108)112/h9-52,57-60,89-96,113-120H,1-8,53-56,61-84H2/q+4/t89-,90-,91-,92-,93-,94-,95-,96-,113+,114+,115+,116+,117-,118-,119-,120-,121?,126?,127?,128?,129?/m0/s1. The van der Waals surface area contributed by atoms with Gasteiger partial charge in [-0.25, -0.2) is 0 Å². The minimum atomic E-state index is -0.945. The van der Waals surface area contributed by atoms with Gasteiger partial charge in [-0.15, -0.1) is 52.6 Å². The Hall–Kier alpha value is -11.8. The van der Waals surface area contributed by atoms with Gasteiger partial charge in [0.15, 0.2) is 0 Å². The van der Waals surface area contributed by atoms with E-state index in [4.69, 9.17) is 57.8 Å². The molecule has 12 aliphatic rings. The van der Waals surface area contributed by atoms with E-state index in [1.54, 1.807) is 0 Å². The van der Waals surface area contributed by atoms with E-state index in [9.17, 15) is 0 Å². The molecule has 0 amide bonds. The van der Waals surface area contributed by atoms with Crippen LogP contribution in [0.1, 0.15) is 120 Å². The van der Waals surface area contributed by atoms with Crippen molar-refractivity contribution in [1.82, 2.24) is 19.9 Å². The van der Waals surface area contributed by atoms with Gasteiger partial charge >= 0.3 is 0 Å². The lowest BCUT2D eigenvalue weighted by molar-refractivity contribution is -0.985. The highest BCUT2D eigenvalue weighted by Gasteiger charge is 2.60. The van der Waals surface area contributed by atoms with Crippen LogP contribution >= 0.6 is 0 Å². The molecule has 16 nitrogen and oxygen atoms in total. The maximum absolute atomic E-state index is 7.37. The Labute approximate surface area is 810 Å². The summed E-state index contributed by atoms with van der Waals surface area (Å²) in [5.74, 6) is 6.64. The quantitative estimate of drug-likeness (QED) is 0.0267. The lowest BCUT2D eigenvalue weighted by Crippen LogP contribution is -2.67. The van der Waals surface area contributed by atoms with E-state index in [1.165, 1.54) is 44.5 Å². The third kappa shape index (κ3) is 19.0. The smallest absolute Gasteiger partial charge is 0.135 e. The molecule has 4 unspecified atom stereocenters. The molecule has 12 fully saturated rings. The number of ether oxygens (including phenoxy) is 8. The molecule has 137 heavy (non-hydrogen) atoms. The van der Waals surface area contributed by atoms with Crippen LogP contribution in [0.15, 0.2) is 344 Å². The van der Waals surface area contributed by atoms with Gasteiger partial charge in [-0.05, 0) is 192 Å². The molecule has 0 spiro atoms. The molecule has 16 heterocycles. The average Bonchev–Trinajstić information content (AvgIpc) is 0.742. The number of fused-ring (bicyclic) bond motifs is 16. The molecule has 0 radical (unpaired) electrons. The number of nitrogens with zero attached hydrogens (tertiary/aromatic N) is 8. The Morgan fingerprint density at radius 1 is 0.285 bits per heavy atom. The fourth-order valence-electron chi connectivity index (χ4n) is 26.7. The summed E-state index contributed by atoms with van der Waals surface area (Å²) in [4.78, 5) is 19.3. The van der Waals surface area contributed by atoms with E-state index in [2.05, 4.69) is 295 Å². The van der Waals surface area contributed by atoms with Gasteiger partial charge in [-0.1, -0.05) is 121 Å². The highest BCUT2D eigenvalue weighted by atomic mass is 16.5. The average molecular weight is 1830 g/mol. The van der Waals surface area contributed by atoms with Crippen LogP contribution in [0.4, 0.5) is 0 Å². The molecule has 8 bridgehead atoms. The summed E-state index contributed by atoms with van der Waals surface area (Å²) < 4.78 is 61.2. The van der Waals surface area contributed by atoms with Crippen molar-refractivity contribution >= 4 is 43.6 Å². The van der Waals surface area contributed by atoms with Crippen molar-refractivity contribution in [3.05, 3.63) is 389 Å². The summed E-state index contributed by atoms with van der Waals surface area (Å²) in [6.07, 6.45) is 32.2. The van der Waals surface area contributed by atoms with Crippen LogP contribution in [0, 0.1) is 52.8 Å². The van der Waals surface area contributed by atoms with E-state index < -0.39 is 5.41 Å². The molecule has 12 saturated heterocycles. The first-order chi connectivity index (χ1) is 67.3. The minimum Gasteiger partial charge on any atom is -0.493 e. The highest BCUT2D eigenvalue weighted by Crippen LogP contribution is 2.55. The van der Waals surface area contributed by atoms with E-state index in [-0.39, 0.29) is 75.0 Å². The largest absolute Gasteiger partial charge is 0.493 e. The Bertz CT molecular complexity index is 5530. The minimum absolute atomic E-state index is 0.175. The van der Waals surface area contributed by atoms with Crippen molar-refractivity contribution in [3.63, 3.8) is 0 Å². The third-order valence-corrected chi connectivity index (χ3v) is 33.5. The topological polar surface area (TPSA) is 125 Å². The summed E-state index contributed by atoms with van der Waals surface area (Å²) in [6.45, 7) is 48.4. The predicted octanol–water partition coefficient (Wildman–Crippen LogP) is 23.9. The summed E-state index contributed by atoms with van der Waals surface area (Å²) in [5, 5.41) is 4.53. The lowest BCUT2D eigenvalue weighted by Gasteiger charge is -2.58. The van der Waals surface area contributed by atoms with Crippen molar-refractivity contribution in [2.24, 2.45) is 52.8 Å². The van der Waals surface area contributed by atoms with Crippen LogP contribution in [0.25, 0.3) is 43.6 Å². The number of quaternary nitrogens is 4. The number of aromatic nitrogens is 4. The number of hydrogen-bond donors (Lipinski definition) is 0. The SMILES string of the molecule is C=CCO[C@@H](c1ccnc2ccccc12)[C@H]1C[C@@H]2CC[N+]1(Cc1ccc(OCC(COc3ccc(C[N+]45CC[C@@H](C[C@@H]4[C@@H](OCC=C)c4ccnc6ccccc46)[C@@H](C=C)C5)cc3)(COc3ccc(C[N+]45CC[C@@H](C[C@@H]4[C@@H](OCC=C)c4ccnc6ccccc46)[C@@H](C=C)C5)cc3)COc3ccc(C[N+]45CC[C@@H](C[C@@H]4[C@@H](OCC=C)c4ccnc6ccccc46)[C@@H](C=C)C5)cc3)cc1)C[C@@H]2C=C. The van der Waals surface area contributed by atoms with Crippen molar-refractivity contribution < 1.29 is 55.8 Å². The molecule has 704 valence electrons. The maximum Gasteiger partial charge on any atom is 0.135 e. The molecular weight excluding hydrogens is 1690 g/mol. The first-order valence-corrected chi connectivity index (χ1v) is 50.3. The molecule has 16 heteroatoms. The molecule has 8 aromatic carbocycles. The molecule has 12 aliphatic heterocycles. The second kappa shape index (κ2) is 41.1. The van der Waals surface area contributed by atoms with Crippen LogP contribution in [0.2, 0.25) is 0 Å². The van der Waals surface area contributed by atoms with Crippen molar-refractivity contribution in [1.29, 1.82) is 0 Å². The Morgan fingerprint density at radius 3 is 0.715 bits per heavy atom. The van der Waals surface area contributed by atoms with Gasteiger partial charge in [0.05, 0.1) is 101 Å². The van der Waals surface area contributed by atoms with E-state index in [0.29, 0.717) is 73.8 Å². The zero-order valence-electron chi connectivity index (χ0n) is 79.7. The summed E-state index contributed by atoms with van der Waals surface area (Å²) in [5.41, 5.74) is 12.6. The van der Waals surface area contributed by atoms with Gasteiger partial charge in [-0.2, -0.15) is 0 Å². The molecule has 4 aromatic heterocycles. The highest BCUT2D eigenvalue weighted by molar-refractivity contribution is 5.85. The summed E-state index contributed by atoms with van der Waals surface area (Å²) in [6, 6.07) is 79.0. The van der Waals surface area contributed by atoms with Crippen LogP contribution in [0.5, 0.6) is 23.0 Å². The summed E-state index contributed by atoms with van der Waals surface area (Å²) >= 11 is 0. The van der Waals surface area contributed by atoms with Gasteiger partial charge in [0.1, 0.15) is 130 Å². The molecule has 24 rings (SSSR count). The van der Waals surface area contributed by atoms with Crippen LogP contribution in [0.3, 0.4) is 0 Å². The van der Waals surface area contributed by atoms with E-state index >= 15 is 0 Å². The Balaban J connectivity index is 0.637. The first kappa shape index (κ1) is 92.9. The monoisotopic (exact) mass is 1830 g/mol. The van der Waals surface area contributed by atoms with Gasteiger partial charge < -0.3 is 55.8 Å². The molecule has 20 atom stereocenters. The van der Waals surface area contributed by atoms with Crippen LogP contribution in [-0.2, 0) is 45.1 Å². The van der Waals surface area contributed by atoms with Crippen LogP contribution in [-0.4, -0.2) is 167 Å². The molecule has 0 N–H and O–H groups in total. The third-order valence-electron chi connectivity index (χ3n) is 33.5. The number of hydrogen-bond acceptors (Lipinski definition) is 12. The van der Waals surface area contributed by atoms with Gasteiger partial charge in [-0.3, -0.25) is 19.9 Å². The fraction of sp³-hybridized carbons (Fsp3) is 0.372. The second-order valence-corrected chi connectivity index (χ2v) is 41.2. The molecule has 0 aliphatic carbocycles. The predicted molar refractivity (Wildman–Crippen MR) is 548 cm³/mol. The van der Waals surface area contributed by atoms with Gasteiger partial charge in [0.2, 0.25) is 0 Å². The second-order valence-electron chi connectivity index (χ2n) is 41.2. The lowest BCUT2D eigenvalue weighted by atomic mass is 9.71. The first-order valence-electron chi connectivity index (χ1n) is 50.3. The number of benzene rings is 8. The van der Waals surface area contributed by atoms with Crippen molar-refractivity contribution in [2.75, 3.05) is 105 Å². The van der Waals surface area contributed by atoms with E-state index in [1.807, 2.05) is 49.1 Å². The Morgan fingerprint density at radius 2 is 0.504 bits per heavy atom. The number of para-hydroxylation sites is 4. The van der Waals surface area contributed by atoms with Crippen LogP contribution < -0.4 is 18.9 Å². The van der Waals surface area contributed by atoms with Gasteiger partial charge in [0.25, 0.3) is 0 Å². The number of pyridine rings is 4. The Kier molecular flexibility index (Phi) is 27.9. The molecular formula is C121H136N8O8+4. The molecule has 0 saturated carbocycles. The summed E-state index contributed by atoms with van der Waals surface area (Å²) in [7, 11) is 0. The zero-order chi connectivity index (χ0) is 93.5. The van der Waals surface area contributed by atoms with Crippen molar-refractivity contribution in [2.45, 2.75) is 126 Å². The van der Waals surface area contributed by atoms with E-state index in [0.717, 1.165) is 214 Å². The maximum atomic E-state index is 7.37. The normalized spacial score (nSPS) is 27.6. The molecule has 12 aromatic rings. The van der Waals surface area contributed by atoms with Crippen molar-refractivity contribution in [3.8, 4) is 23.0 Å². The number of piperidine rings is 12. The fourth-order valence-corrected chi connectivity index (χ4v) is 26.7. The zero-order valence-corrected chi connectivity index (χ0v) is 79.7.